The summed E-state index contributed by atoms with van der Waals surface area (Å²) in [4.78, 5) is 52.1. The zero-order chi connectivity index (χ0) is 31.4. The van der Waals surface area contributed by atoms with Crippen molar-refractivity contribution in [2.75, 3.05) is 19.7 Å². The van der Waals surface area contributed by atoms with Gasteiger partial charge in [0.05, 0.1) is 30.6 Å². The van der Waals surface area contributed by atoms with Gasteiger partial charge >= 0.3 is 11.9 Å². The average Bonchev–Trinajstić information content (AvgIpc) is 3.75. The van der Waals surface area contributed by atoms with Crippen LogP contribution < -0.4 is 16.0 Å². The molecule has 0 aromatic heterocycles. The van der Waals surface area contributed by atoms with Crippen LogP contribution in [0.2, 0.25) is 0 Å². The zero-order valence-electron chi connectivity index (χ0n) is 25.3. The van der Waals surface area contributed by atoms with E-state index in [-0.39, 0.29) is 50.5 Å². The highest BCUT2D eigenvalue weighted by molar-refractivity contribution is 5.89. The van der Waals surface area contributed by atoms with Crippen LogP contribution in [0.4, 0.5) is 0 Å². The van der Waals surface area contributed by atoms with Crippen molar-refractivity contribution in [1.29, 1.82) is 0 Å². The summed E-state index contributed by atoms with van der Waals surface area (Å²) in [7, 11) is 0. The summed E-state index contributed by atoms with van der Waals surface area (Å²) in [6, 6.07) is 15.8. The van der Waals surface area contributed by atoms with Crippen LogP contribution in [0.5, 0.6) is 0 Å². The molecule has 10 nitrogen and oxygen atoms in total. The van der Waals surface area contributed by atoms with Crippen LogP contribution in [0, 0.1) is 11.3 Å². The van der Waals surface area contributed by atoms with E-state index in [0.717, 1.165) is 48.9 Å². The van der Waals surface area contributed by atoms with Crippen LogP contribution in [-0.4, -0.2) is 65.7 Å². The van der Waals surface area contributed by atoms with Crippen LogP contribution in [0.1, 0.15) is 68.1 Å². The van der Waals surface area contributed by atoms with E-state index in [4.69, 9.17) is 4.74 Å². The molecule has 3 atom stereocenters. The number of hydrogen-bond donors (Lipinski definition) is 5. The number of aryl methyl sites for hydroxylation is 1. The molecule has 2 aromatic carbocycles. The number of amides is 2. The number of rotatable bonds is 16. The smallest absolute Gasteiger partial charge is 0.328 e. The van der Waals surface area contributed by atoms with Crippen molar-refractivity contribution < 1.29 is 34.1 Å². The molecule has 2 aliphatic rings. The van der Waals surface area contributed by atoms with Gasteiger partial charge in [-0.2, -0.15) is 0 Å². The third kappa shape index (κ3) is 9.37. The molecule has 5 N–H and O–H groups in total. The van der Waals surface area contributed by atoms with Crippen molar-refractivity contribution in [3.8, 4) is 0 Å². The molecule has 1 saturated heterocycles. The summed E-state index contributed by atoms with van der Waals surface area (Å²) < 4.78 is 5.63. The first-order valence-corrected chi connectivity index (χ1v) is 15.7. The van der Waals surface area contributed by atoms with Crippen molar-refractivity contribution in [3.05, 3.63) is 71.3 Å². The number of aliphatic carboxylic acids is 1. The van der Waals surface area contributed by atoms with Gasteiger partial charge in [0.1, 0.15) is 6.04 Å². The Kier molecular flexibility index (Phi) is 12.3. The first kappa shape index (κ1) is 33.1. The lowest BCUT2D eigenvalue weighted by Gasteiger charge is -2.32. The maximum Gasteiger partial charge on any atom is 0.328 e. The first-order valence-electron chi connectivity index (χ1n) is 15.7. The van der Waals surface area contributed by atoms with Gasteiger partial charge in [0, 0.05) is 13.0 Å². The maximum absolute atomic E-state index is 14.0. The fourth-order valence-corrected chi connectivity index (χ4v) is 6.26. The molecule has 1 unspecified atom stereocenters. The predicted octanol–water partition coefficient (Wildman–Crippen LogP) is 2.90. The molecule has 2 amide bonds. The number of carboxylic acid groups (broad SMARTS) is 1. The molecule has 2 fully saturated rings. The van der Waals surface area contributed by atoms with Crippen molar-refractivity contribution >= 4 is 23.8 Å². The van der Waals surface area contributed by atoms with Crippen LogP contribution >= 0.6 is 0 Å². The second kappa shape index (κ2) is 16.4. The molecule has 0 bridgehead atoms. The highest BCUT2D eigenvalue weighted by Gasteiger charge is 2.45. The largest absolute Gasteiger partial charge is 0.481 e. The van der Waals surface area contributed by atoms with Crippen LogP contribution in [0.25, 0.3) is 0 Å². The number of nitrogens with one attached hydrogen (secondary N) is 3. The molecule has 0 spiro atoms. The Morgan fingerprint density at radius 3 is 2.30 bits per heavy atom. The van der Waals surface area contributed by atoms with Gasteiger partial charge in [0.15, 0.2) is 0 Å². The van der Waals surface area contributed by atoms with Gasteiger partial charge in [-0.3, -0.25) is 14.4 Å². The molecule has 1 heterocycles. The quantitative estimate of drug-likeness (QED) is 0.144. The van der Waals surface area contributed by atoms with Crippen molar-refractivity contribution in [2.45, 2.75) is 82.9 Å². The summed E-state index contributed by atoms with van der Waals surface area (Å²) in [6.45, 7) is 0.789. The predicted molar refractivity (Wildman–Crippen MR) is 164 cm³/mol. The standard InChI is InChI=1S/C34H45N3O7/c38-23-26-14-12-25(13-15-26)20-29(32(42)44-19-7-10-24-8-2-1-3-9-24)37-33(43)34(16-4-5-17-34)21-27(31(40)41)22-36-30(39)28-11-6-18-35-28/h1-3,8-9,12-15,27-29,35,38H,4-7,10-11,16-23H2,(H,36,39)(H,37,43)(H,40,41)/t27-,28?,29-/m0/s1. The lowest BCUT2D eigenvalue weighted by molar-refractivity contribution is -0.150. The Hall–Kier alpha value is -3.76. The molecule has 1 saturated carbocycles. The fraction of sp³-hybridized carbons (Fsp3) is 0.529. The summed E-state index contributed by atoms with van der Waals surface area (Å²) in [5, 5.41) is 28.3. The zero-order valence-corrected chi connectivity index (χ0v) is 25.3. The normalized spacial score (nSPS) is 18.7. The van der Waals surface area contributed by atoms with Crippen molar-refractivity contribution in [1.82, 2.24) is 16.0 Å². The number of carboxylic acids is 1. The van der Waals surface area contributed by atoms with Crippen molar-refractivity contribution in [3.63, 3.8) is 0 Å². The second-order valence-electron chi connectivity index (χ2n) is 12.1. The molecule has 4 rings (SSSR count). The minimum Gasteiger partial charge on any atom is -0.481 e. The Morgan fingerprint density at radius 2 is 1.66 bits per heavy atom. The lowest BCUT2D eigenvalue weighted by Crippen LogP contribution is -2.51. The molecular weight excluding hydrogens is 562 g/mol. The summed E-state index contributed by atoms with van der Waals surface area (Å²) in [6.07, 6.45) is 5.80. The molecule has 10 heteroatoms. The minimum atomic E-state index is -1.07. The monoisotopic (exact) mass is 607 g/mol. The van der Waals surface area contributed by atoms with E-state index < -0.39 is 29.3 Å². The van der Waals surface area contributed by atoms with Crippen LogP contribution in [0.15, 0.2) is 54.6 Å². The van der Waals surface area contributed by atoms with E-state index >= 15 is 0 Å². The number of aliphatic hydroxyl groups is 1. The van der Waals surface area contributed by atoms with E-state index in [0.29, 0.717) is 25.7 Å². The fourth-order valence-electron chi connectivity index (χ4n) is 6.26. The number of benzene rings is 2. The highest BCUT2D eigenvalue weighted by atomic mass is 16.5. The summed E-state index contributed by atoms with van der Waals surface area (Å²) in [5.74, 6) is -3.14. The number of carbonyl (C=O) groups excluding carboxylic acids is 3. The summed E-state index contributed by atoms with van der Waals surface area (Å²) in [5.41, 5.74) is 1.70. The van der Waals surface area contributed by atoms with Gasteiger partial charge in [-0.25, -0.2) is 4.79 Å². The number of ether oxygens (including phenoxy) is 1. The maximum atomic E-state index is 14.0. The van der Waals surface area contributed by atoms with Crippen molar-refractivity contribution in [2.24, 2.45) is 11.3 Å². The molecule has 1 aliphatic heterocycles. The third-order valence-electron chi connectivity index (χ3n) is 8.86. The van der Waals surface area contributed by atoms with Gasteiger partial charge in [-0.05, 0) is 68.2 Å². The molecule has 0 radical (unpaired) electrons. The number of hydrogen-bond acceptors (Lipinski definition) is 7. The summed E-state index contributed by atoms with van der Waals surface area (Å²) >= 11 is 0. The highest BCUT2D eigenvalue weighted by Crippen LogP contribution is 2.43. The Morgan fingerprint density at radius 1 is 0.955 bits per heavy atom. The van der Waals surface area contributed by atoms with Gasteiger partial charge in [-0.15, -0.1) is 0 Å². The molecular formula is C34H45N3O7. The van der Waals surface area contributed by atoms with Gasteiger partial charge in [0.2, 0.25) is 11.8 Å². The number of carbonyl (C=O) groups is 4. The first-order chi connectivity index (χ1) is 21.3. The Balaban J connectivity index is 1.43. The Labute approximate surface area is 259 Å². The van der Waals surface area contributed by atoms with Crippen LogP contribution in [-0.2, 0) is 43.4 Å². The molecule has 1 aliphatic carbocycles. The number of aliphatic hydroxyl groups excluding tert-OH is 1. The molecule has 44 heavy (non-hydrogen) atoms. The van der Waals surface area contributed by atoms with Gasteiger partial charge in [-0.1, -0.05) is 67.4 Å². The Bertz CT molecular complexity index is 1240. The van der Waals surface area contributed by atoms with E-state index in [9.17, 15) is 29.4 Å². The molecule has 2 aromatic rings. The third-order valence-corrected chi connectivity index (χ3v) is 8.86. The van der Waals surface area contributed by atoms with Gasteiger partial charge < -0.3 is 30.9 Å². The topological polar surface area (TPSA) is 154 Å². The van der Waals surface area contributed by atoms with E-state index in [1.165, 1.54) is 0 Å². The minimum absolute atomic E-state index is 0.0640. The van der Waals surface area contributed by atoms with Gasteiger partial charge in [0.25, 0.3) is 0 Å². The number of esters is 1. The second-order valence-corrected chi connectivity index (χ2v) is 12.1. The van der Waals surface area contributed by atoms with E-state index in [2.05, 4.69) is 16.0 Å². The average molecular weight is 608 g/mol. The van der Waals surface area contributed by atoms with E-state index in [1.807, 2.05) is 30.3 Å². The lowest BCUT2D eigenvalue weighted by atomic mass is 9.76. The van der Waals surface area contributed by atoms with Crippen LogP contribution in [0.3, 0.4) is 0 Å². The molecule has 238 valence electrons. The SMILES string of the molecule is O=C(NC[C@H](CC1(C(=O)N[C@@H](Cc2ccc(CO)cc2)C(=O)OCCCc2ccccc2)CCCC1)C(=O)O)C1CCCN1. The van der Waals surface area contributed by atoms with E-state index in [1.54, 1.807) is 24.3 Å².